The molecule has 1 aromatic carbocycles. The van der Waals surface area contributed by atoms with Crippen molar-refractivity contribution in [1.82, 2.24) is 4.98 Å². The van der Waals surface area contributed by atoms with E-state index in [2.05, 4.69) is 4.98 Å². The highest BCUT2D eigenvalue weighted by Gasteiger charge is 2.06. The van der Waals surface area contributed by atoms with Gasteiger partial charge in [0, 0.05) is 11.8 Å². The molecule has 0 spiro atoms. The van der Waals surface area contributed by atoms with Gasteiger partial charge in [0.05, 0.1) is 6.61 Å². The number of aromatic nitrogens is 1. The molecule has 15 heavy (non-hydrogen) atoms. The molecule has 2 nitrogen and oxygen atoms in total. The van der Waals surface area contributed by atoms with Crippen LogP contribution in [-0.2, 0) is 6.61 Å². The summed E-state index contributed by atoms with van der Waals surface area (Å²) in [6.45, 7) is -0.132. The lowest BCUT2D eigenvalue weighted by Crippen LogP contribution is -1.92. The van der Waals surface area contributed by atoms with Crippen molar-refractivity contribution in [3.05, 3.63) is 54.1 Å². The Hall–Kier alpha value is -1.74. The predicted octanol–water partition coefficient (Wildman–Crippen LogP) is 2.38. The normalized spacial score (nSPS) is 10.3. The van der Waals surface area contributed by atoms with E-state index in [1.807, 2.05) is 18.2 Å². The number of aliphatic hydroxyl groups is 1. The largest absolute Gasteiger partial charge is 0.392 e. The summed E-state index contributed by atoms with van der Waals surface area (Å²) in [6, 6.07) is 10.8. The fourth-order valence-corrected chi connectivity index (χ4v) is 1.40. The van der Waals surface area contributed by atoms with Crippen LogP contribution in [0.5, 0.6) is 0 Å². The monoisotopic (exact) mass is 203 g/mol. The zero-order valence-corrected chi connectivity index (χ0v) is 8.02. The molecule has 1 N–H and O–H groups in total. The topological polar surface area (TPSA) is 33.1 Å². The summed E-state index contributed by atoms with van der Waals surface area (Å²) in [7, 11) is 0. The van der Waals surface area contributed by atoms with Gasteiger partial charge in [-0.1, -0.05) is 30.3 Å². The molecule has 2 aromatic rings. The van der Waals surface area contributed by atoms with E-state index in [-0.39, 0.29) is 6.61 Å². The van der Waals surface area contributed by atoms with Crippen LogP contribution in [0.15, 0.2) is 42.6 Å². The van der Waals surface area contributed by atoms with Gasteiger partial charge in [-0.25, -0.2) is 4.98 Å². The summed E-state index contributed by atoms with van der Waals surface area (Å²) in [4.78, 5) is 3.60. The molecule has 0 amide bonds. The third kappa shape index (κ3) is 2.02. The fourth-order valence-electron chi connectivity index (χ4n) is 1.40. The molecule has 0 atom stereocenters. The van der Waals surface area contributed by atoms with Gasteiger partial charge in [0.1, 0.15) is 0 Å². The van der Waals surface area contributed by atoms with E-state index >= 15 is 0 Å². The molecule has 1 heterocycles. The Labute approximate surface area is 87.0 Å². The molecule has 76 valence electrons. The highest BCUT2D eigenvalue weighted by Crippen LogP contribution is 2.21. The number of hydrogen-bond acceptors (Lipinski definition) is 2. The summed E-state index contributed by atoms with van der Waals surface area (Å²) >= 11 is 0. The van der Waals surface area contributed by atoms with Crippen LogP contribution in [0.2, 0.25) is 0 Å². The van der Waals surface area contributed by atoms with Crippen molar-refractivity contribution < 1.29 is 9.50 Å². The molecular formula is C12H10FNO. The maximum absolute atomic E-state index is 13.4. The molecule has 0 aliphatic heterocycles. The lowest BCUT2D eigenvalue weighted by molar-refractivity contribution is 0.281. The minimum atomic E-state index is -0.515. The quantitative estimate of drug-likeness (QED) is 0.760. The average molecular weight is 203 g/mol. The molecule has 0 aliphatic rings. The van der Waals surface area contributed by atoms with Crippen LogP contribution in [0.4, 0.5) is 4.39 Å². The van der Waals surface area contributed by atoms with Crippen molar-refractivity contribution in [3.63, 3.8) is 0 Å². The first-order valence-electron chi connectivity index (χ1n) is 4.62. The van der Waals surface area contributed by atoms with E-state index in [0.717, 1.165) is 5.56 Å². The molecule has 0 fully saturated rings. The average Bonchev–Trinajstić information content (AvgIpc) is 2.31. The zero-order valence-electron chi connectivity index (χ0n) is 8.02. The second kappa shape index (κ2) is 4.19. The molecule has 0 bridgehead atoms. The molecular weight excluding hydrogens is 193 g/mol. The minimum absolute atomic E-state index is 0.132. The van der Waals surface area contributed by atoms with Gasteiger partial charge in [-0.3, -0.25) is 0 Å². The number of aliphatic hydroxyl groups excluding tert-OH is 1. The fraction of sp³-hybridized carbons (Fsp3) is 0.0833. The highest BCUT2D eigenvalue weighted by atomic mass is 19.1. The number of rotatable bonds is 2. The van der Waals surface area contributed by atoms with Crippen molar-refractivity contribution >= 4 is 0 Å². The summed E-state index contributed by atoms with van der Waals surface area (Å²) < 4.78 is 13.4. The Morgan fingerprint density at radius 1 is 1.20 bits per heavy atom. The smallest absolute Gasteiger partial charge is 0.220 e. The van der Waals surface area contributed by atoms with Gasteiger partial charge in [-0.2, -0.15) is 4.39 Å². The summed E-state index contributed by atoms with van der Waals surface area (Å²) in [6.07, 6.45) is 1.34. The number of benzene rings is 1. The first-order chi connectivity index (χ1) is 7.31. The summed E-state index contributed by atoms with van der Waals surface area (Å²) in [5.41, 5.74) is 1.79. The molecule has 1 aromatic heterocycles. The Bertz CT molecular complexity index is 456. The van der Waals surface area contributed by atoms with Gasteiger partial charge < -0.3 is 5.11 Å². The maximum Gasteiger partial charge on any atom is 0.220 e. The molecule has 0 saturated heterocycles. The van der Waals surface area contributed by atoms with Crippen LogP contribution in [0, 0.1) is 5.95 Å². The van der Waals surface area contributed by atoms with E-state index in [0.29, 0.717) is 11.1 Å². The molecule has 2 rings (SSSR count). The zero-order chi connectivity index (χ0) is 10.7. The number of nitrogens with zero attached hydrogens (tertiary/aromatic N) is 1. The van der Waals surface area contributed by atoms with E-state index in [4.69, 9.17) is 5.11 Å². The van der Waals surface area contributed by atoms with Gasteiger partial charge >= 0.3 is 0 Å². The first-order valence-corrected chi connectivity index (χ1v) is 4.62. The van der Waals surface area contributed by atoms with Crippen molar-refractivity contribution in [1.29, 1.82) is 0 Å². The number of hydrogen-bond donors (Lipinski definition) is 1. The Kier molecular flexibility index (Phi) is 2.74. The van der Waals surface area contributed by atoms with Gasteiger partial charge in [-0.15, -0.1) is 0 Å². The summed E-state index contributed by atoms with van der Waals surface area (Å²) in [5, 5.41) is 8.94. The van der Waals surface area contributed by atoms with Crippen LogP contribution in [0.3, 0.4) is 0 Å². The van der Waals surface area contributed by atoms with Gasteiger partial charge in [0.15, 0.2) is 0 Å². The van der Waals surface area contributed by atoms with Gasteiger partial charge in [0.2, 0.25) is 5.95 Å². The van der Waals surface area contributed by atoms with E-state index in [1.165, 1.54) is 6.20 Å². The SMILES string of the molecule is OCc1cnc(F)c(-c2ccccc2)c1. The second-order valence-corrected chi connectivity index (χ2v) is 3.21. The molecule has 0 unspecified atom stereocenters. The van der Waals surface area contributed by atoms with Gasteiger partial charge in [-0.05, 0) is 17.2 Å². The standard InChI is InChI=1S/C12H10FNO/c13-12-11(6-9(8-15)7-14-12)10-4-2-1-3-5-10/h1-7,15H,8H2. The van der Waals surface area contributed by atoms with E-state index in [9.17, 15) is 4.39 Å². The number of pyridine rings is 1. The van der Waals surface area contributed by atoms with Crippen molar-refractivity contribution in [3.8, 4) is 11.1 Å². The third-order valence-electron chi connectivity index (χ3n) is 2.16. The van der Waals surface area contributed by atoms with Crippen molar-refractivity contribution in [2.24, 2.45) is 0 Å². The Balaban J connectivity index is 2.52. The van der Waals surface area contributed by atoms with Crippen LogP contribution in [-0.4, -0.2) is 10.1 Å². The lowest BCUT2D eigenvalue weighted by Gasteiger charge is -2.04. The maximum atomic E-state index is 13.4. The van der Waals surface area contributed by atoms with Crippen molar-refractivity contribution in [2.75, 3.05) is 0 Å². The Morgan fingerprint density at radius 2 is 1.93 bits per heavy atom. The van der Waals surface area contributed by atoms with Crippen LogP contribution < -0.4 is 0 Å². The molecule has 0 aliphatic carbocycles. The van der Waals surface area contributed by atoms with Crippen LogP contribution in [0.1, 0.15) is 5.56 Å². The van der Waals surface area contributed by atoms with E-state index < -0.39 is 5.95 Å². The third-order valence-corrected chi connectivity index (χ3v) is 2.16. The minimum Gasteiger partial charge on any atom is -0.392 e. The van der Waals surface area contributed by atoms with Gasteiger partial charge in [0.25, 0.3) is 0 Å². The first kappa shape index (κ1) is 9.80. The molecule has 0 radical (unpaired) electrons. The van der Waals surface area contributed by atoms with Crippen molar-refractivity contribution in [2.45, 2.75) is 6.61 Å². The molecule has 3 heteroatoms. The Morgan fingerprint density at radius 3 is 2.60 bits per heavy atom. The predicted molar refractivity (Wildman–Crippen MR) is 55.6 cm³/mol. The van der Waals surface area contributed by atoms with E-state index in [1.54, 1.807) is 18.2 Å². The van der Waals surface area contributed by atoms with Crippen LogP contribution in [0.25, 0.3) is 11.1 Å². The lowest BCUT2D eigenvalue weighted by atomic mass is 10.1. The number of halogens is 1. The summed E-state index contributed by atoms with van der Waals surface area (Å²) in [5.74, 6) is -0.515. The molecule has 0 saturated carbocycles. The second-order valence-electron chi connectivity index (χ2n) is 3.21. The highest BCUT2D eigenvalue weighted by molar-refractivity contribution is 5.63. The van der Waals surface area contributed by atoms with Crippen LogP contribution >= 0.6 is 0 Å².